The molecule has 0 bridgehead atoms. The van der Waals surface area contributed by atoms with E-state index in [1.165, 1.54) is 14.7 Å². The Balaban J connectivity index is 2.21. The molecule has 0 amide bonds. The number of pyridine rings is 1. The lowest BCUT2D eigenvalue weighted by atomic mass is 10.0. The number of aryl methyl sites for hydroxylation is 1. The predicted molar refractivity (Wildman–Crippen MR) is 93.3 cm³/mol. The molecule has 2 nitrogen and oxygen atoms in total. The zero-order chi connectivity index (χ0) is 14.5. The average molecular weight is 401 g/mol. The maximum Gasteiger partial charge on any atom is 0.0422 e. The molecule has 1 N–H and O–H groups in total. The van der Waals surface area contributed by atoms with E-state index in [-0.39, 0.29) is 6.04 Å². The van der Waals surface area contributed by atoms with E-state index in [1.807, 2.05) is 25.4 Å². The number of likely N-dealkylation sites (N-methyl/N-ethyl adjacent to an activating group) is 1. The fraction of sp³-hybridized carbons (Fsp3) is 0.312. The summed E-state index contributed by atoms with van der Waals surface area (Å²) in [7, 11) is 1.97. The van der Waals surface area contributed by atoms with Gasteiger partial charge in [-0.05, 0) is 71.5 Å². The number of rotatable bonds is 5. The Morgan fingerprint density at radius 2 is 2.10 bits per heavy atom. The topological polar surface area (TPSA) is 24.9 Å². The van der Waals surface area contributed by atoms with Gasteiger partial charge in [0.15, 0.2) is 0 Å². The van der Waals surface area contributed by atoms with Gasteiger partial charge in [0, 0.05) is 32.9 Å². The Hall–Kier alpha value is -0.650. The van der Waals surface area contributed by atoms with Gasteiger partial charge >= 0.3 is 0 Å². The molecule has 0 aliphatic rings. The van der Waals surface area contributed by atoms with Crippen LogP contribution in [0.4, 0.5) is 0 Å². The number of hydrogen-bond acceptors (Lipinski definition) is 2. The van der Waals surface area contributed by atoms with Gasteiger partial charge in [0.25, 0.3) is 0 Å². The Morgan fingerprint density at radius 1 is 1.30 bits per heavy atom. The van der Waals surface area contributed by atoms with Crippen molar-refractivity contribution in [3.8, 4) is 0 Å². The maximum atomic E-state index is 6.11. The molecular formula is C16H18ClIN2. The van der Waals surface area contributed by atoms with Crippen molar-refractivity contribution in [2.45, 2.75) is 25.8 Å². The third-order valence-corrected chi connectivity index (χ3v) is 4.61. The summed E-state index contributed by atoms with van der Waals surface area (Å²) in [5.41, 5.74) is 3.59. The molecule has 1 unspecified atom stereocenters. The highest BCUT2D eigenvalue weighted by molar-refractivity contribution is 14.1. The minimum absolute atomic E-state index is 0.223. The summed E-state index contributed by atoms with van der Waals surface area (Å²) in [6.07, 6.45) is 3.84. The molecule has 0 fully saturated rings. The summed E-state index contributed by atoms with van der Waals surface area (Å²) in [5.74, 6) is 0. The molecule has 106 valence electrons. The molecule has 0 aliphatic carbocycles. The van der Waals surface area contributed by atoms with E-state index in [2.05, 4.69) is 58.0 Å². The molecule has 2 aromatic rings. The average Bonchev–Trinajstić information content (AvgIpc) is 2.48. The molecule has 1 heterocycles. The van der Waals surface area contributed by atoms with Gasteiger partial charge in [-0.25, -0.2) is 0 Å². The van der Waals surface area contributed by atoms with E-state index in [0.717, 1.165) is 23.6 Å². The Bertz CT molecular complexity index is 569. The van der Waals surface area contributed by atoms with E-state index in [0.29, 0.717) is 0 Å². The first-order valence-corrected chi connectivity index (χ1v) is 8.15. The van der Waals surface area contributed by atoms with E-state index < -0.39 is 0 Å². The van der Waals surface area contributed by atoms with Crippen LogP contribution in [0.2, 0.25) is 5.02 Å². The van der Waals surface area contributed by atoms with Crippen molar-refractivity contribution in [2.75, 3.05) is 7.05 Å². The maximum absolute atomic E-state index is 6.11. The van der Waals surface area contributed by atoms with Gasteiger partial charge in [0.2, 0.25) is 0 Å². The predicted octanol–water partition coefficient (Wildman–Crippen LogP) is 4.41. The van der Waals surface area contributed by atoms with E-state index in [1.54, 1.807) is 0 Å². The lowest BCUT2D eigenvalue weighted by Crippen LogP contribution is -2.20. The lowest BCUT2D eigenvalue weighted by Gasteiger charge is -2.18. The van der Waals surface area contributed by atoms with Crippen LogP contribution in [0.5, 0.6) is 0 Å². The molecule has 4 heteroatoms. The first-order chi connectivity index (χ1) is 9.63. The van der Waals surface area contributed by atoms with Crippen molar-refractivity contribution < 1.29 is 0 Å². The molecule has 1 aromatic heterocycles. The third kappa shape index (κ3) is 3.93. The first kappa shape index (κ1) is 15.7. The minimum atomic E-state index is 0.223. The molecule has 20 heavy (non-hydrogen) atoms. The largest absolute Gasteiger partial charge is 0.313 e. The van der Waals surface area contributed by atoms with E-state index in [4.69, 9.17) is 11.6 Å². The fourth-order valence-electron chi connectivity index (χ4n) is 2.14. The van der Waals surface area contributed by atoms with Crippen molar-refractivity contribution >= 4 is 34.2 Å². The summed E-state index contributed by atoms with van der Waals surface area (Å²) in [5, 5.41) is 4.13. The van der Waals surface area contributed by atoms with Gasteiger partial charge in [0.05, 0.1) is 0 Å². The second kappa shape index (κ2) is 7.38. The smallest absolute Gasteiger partial charge is 0.0422 e. The fourth-order valence-corrected chi connectivity index (χ4v) is 3.04. The van der Waals surface area contributed by atoms with Gasteiger partial charge in [0.1, 0.15) is 0 Å². The van der Waals surface area contributed by atoms with E-state index >= 15 is 0 Å². The van der Waals surface area contributed by atoms with Crippen molar-refractivity contribution in [3.05, 3.63) is 61.9 Å². The molecule has 1 atom stereocenters. The van der Waals surface area contributed by atoms with Crippen LogP contribution in [0.25, 0.3) is 0 Å². The molecule has 2 rings (SSSR count). The van der Waals surface area contributed by atoms with Gasteiger partial charge in [-0.15, -0.1) is 0 Å². The Morgan fingerprint density at radius 3 is 2.70 bits per heavy atom. The highest BCUT2D eigenvalue weighted by Gasteiger charge is 2.14. The molecular weight excluding hydrogens is 383 g/mol. The van der Waals surface area contributed by atoms with Crippen LogP contribution in [0, 0.1) is 3.57 Å². The van der Waals surface area contributed by atoms with Crippen molar-refractivity contribution in [1.82, 2.24) is 10.3 Å². The molecule has 0 aliphatic heterocycles. The van der Waals surface area contributed by atoms with Crippen LogP contribution in [0.1, 0.15) is 29.8 Å². The summed E-state index contributed by atoms with van der Waals surface area (Å²) in [6.45, 7) is 2.14. The van der Waals surface area contributed by atoms with Crippen LogP contribution in [-0.2, 0) is 12.8 Å². The molecule has 0 radical (unpaired) electrons. The summed E-state index contributed by atoms with van der Waals surface area (Å²) >= 11 is 8.46. The van der Waals surface area contributed by atoms with Crippen LogP contribution in [0.3, 0.4) is 0 Å². The number of benzene rings is 1. The zero-order valence-electron chi connectivity index (χ0n) is 11.7. The van der Waals surface area contributed by atoms with Crippen LogP contribution in [0.15, 0.2) is 36.5 Å². The van der Waals surface area contributed by atoms with Crippen molar-refractivity contribution in [2.24, 2.45) is 0 Å². The van der Waals surface area contributed by atoms with Gasteiger partial charge in [-0.1, -0.05) is 24.6 Å². The van der Waals surface area contributed by atoms with Crippen LogP contribution >= 0.6 is 34.2 Å². The Labute approximate surface area is 139 Å². The highest BCUT2D eigenvalue weighted by atomic mass is 127. The quantitative estimate of drug-likeness (QED) is 0.752. The van der Waals surface area contributed by atoms with Gasteiger partial charge in [-0.3, -0.25) is 4.98 Å². The lowest BCUT2D eigenvalue weighted by molar-refractivity contribution is 0.582. The standard InChI is InChI=1S/C16H18ClIN2/c1-3-11-4-6-13(20-10-11)9-16(19-2)14-8-12(17)5-7-15(14)18/h4-8,10,16,19H,3,9H2,1-2H3. The second-order valence-corrected chi connectivity index (χ2v) is 6.32. The number of nitrogens with one attached hydrogen (secondary N) is 1. The second-order valence-electron chi connectivity index (χ2n) is 4.72. The third-order valence-electron chi connectivity index (χ3n) is 3.39. The highest BCUT2D eigenvalue weighted by Crippen LogP contribution is 2.26. The number of halogens is 2. The first-order valence-electron chi connectivity index (χ1n) is 6.70. The summed E-state index contributed by atoms with van der Waals surface area (Å²) < 4.78 is 1.22. The van der Waals surface area contributed by atoms with Crippen LogP contribution < -0.4 is 5.32 Å². The molecule has 1 aromatic carbocycles. The summed E-state index contributed by atoms with van der Waals surface area (Å²) in [6, 6.07) is 10.5. The van der Waals surface area contributed by atoms with Gasteiger partial charge < -0.3 is 5.32 Å². The van der Waals surface area contributed by atoms with Crippen molar-refractivity contribution in [1.29, 1.82) is 0 Å². The SMILES string of the molecule is CCc1ccc(CC(NC)c2cc(Cl)ccc2I)nc1. The summed E-state index contributed by atoms with van der Waals surface area (Å²) in [4.78, 5) is 4.54. The Kier molecular flexibility index (Phi) is 5.81. The minimum Gasteiger partial charge on any atom is -0.313 e. The van der Waals surface area contributed by atoms with Crippen LogP contribution in [-0.4, -0.2) is 12.0 Å². The van der Waals surface area contributed by atoms with Gasteiger partial charge in [-0.2, -0.15) is 0 Å². The zero-order valence-corrected chi connectivity index (χ0v) is 14.6. The number of hydrogen-bond donors (Lipinski definition) is 1. The van der Waals surface area contributed by atoms with E-state index in [9.17, 15) is 0 Å². The molecule has 0 spiro atoms. The molecule has 0 saturated heterocycles. The molecule has 0 saturated carbocycles. The number of nitrogens with zero attached hydrogens (tertiary/aromatic N) is 1. The normalized spacial score (nSPS) is 12.4. The van der Waals surface area contributed by atoms with Crippen molar-refractivity contribution in [3.63, 3.8) is 0 Å². The number of aromatic nitrogens is 1. The monoisotopic (exact) mass is 400 g/mol.